The minimum Gasteiger partial charge on any atom is -0.444 e. The summed E-state index contributed by atoms with van der Waals surface area (Å²) in [7, 11) is 2.05. The minimum atomic E-state index is -0.912. The molecule has 0 atom stereocenters. The Morgan fingerprint density at radius 2 is 1.96 bits per heavy atom. The van der Waals surface area contributed by atoms with Gasteiger partial charge in [-0.3, -0.25) is 4.90 Å². The number of aliphatic hydroxyl groups is 1. The molecule has 0 saturated heterocycles. The maximum absolute atomic E-state index is 13.3. The molecule has 3 rings (SSSR count). The van der Waals surface area contributed by atoms with Gasteiger partial charge in [-0.1, -0.05) is 0 Å². The first-order valence-corrected chi connectivity index (χ1v) is 8.27. The van der Waals surface area contributed by atoms with Crippen LogP contribution in [-0.4, -0.2) is 34.7 Å². The predicted octanol–water partition coefficient (Wildman–Crippen LogP) is 3.60. The van der Waals surface area contributed by atoms with Crippen LogP contribution in [0.25, 0.3) is 11.5 Å². The lowest BCUT2D eigenvalue weighted by molar-refractivity contribution is 0.123. The van der Waals surface area contributed by atoms with E-state index < -0.39 is 11.6 Å². The van der Waals surface area contributed by atoms with Crippen molar-refractivity contribution in [1.29, 1.82) is 0 Å². The Morgan fingerprint density at radius 3 is 2.62 bits per heavy atom. The molecule has 1 saturated carbocycles. The summed E-state index contributed by atoms with van der Waals surface area (Å²) in [6, 6.07) is 4.08. The van der Waals surface area contributed by atoms with Gasteiger partial charge in [-0.05, 0) is 56.8 Å². The fourth-order valence-electron chi connectivity index (χ4n) is 3.29. The molecular formula is C18H22F2N2O2. The van der Waals surface area contributed by atoms with Gasteiger partial charge in [0.1, 0.15) is 6.26 Å². The number of hydrogen-bond donors (Lipinski definition) is 1. The third-order valence-electron chi connectivity index (χ3n) is 4.83. The van der Waals surface area contributed by atoms with E-state index in [2.05, 4.69) is 16.9 Å². The van der Waals surface area contributed by atoms with Crippen molar-refractivity contribution in [2.75, 3.05) is 13.7 Å². The molecule has 0 aliphatic heterocycles. The van der Waals surface area contributed by atoms with Crippen LogP contribution in [0.4, 0.5) is 8.78 Å². The zero-order valence-electron chi connectivity index (χ0n) is 13.7. The standard InChI is InChI=1S/C18H22F2N2O2/c1-22(15-5-2-12(10-23)3-6-15)9-14-11-24-18(21-14)13-4-7-16(19)17(20)8-13/h4,7-8,11-12,15,23H,2-3,5-6,9-10H2,1H3. The predicted molar refractivity (Wildman–Crippen MR) is 86.2 cm³/mol. The normalized spacial score (nSPS) is 21.4. The Bertz CT molecular complexity index is 681. The summed E-state index contributed by atoms with van der Waals surface area (Å²) in [5.41, 5.74) is 1.19. The van der Waals surface area contributed by atoms with Crippen LogP contribution >= 0.6 is 0 Å². The third-order valence-corrected chi connectivity index (χ3v) is 4.83. The van der Waals surface area contributed by atoms with Gasteiger partial charge in [-0.15, -0.1) is 0 Å². The molecule has 24 heavy (non-hydrogen) atoms. The maximum atomic E-state index is 13.3. The zero-order chi connectivity index (χ0) is 17.1. The Labute approximate surface area is 140 Å². The van der Waals surface area contributed by atoms with Gasteiger partial charge in [0, 0.05) is 24.8 Å². The second-order valence-corrected chi connectivity index (χ2v) is 6.55. The van der Waals surface area contributed by atoms with Gasteiger partial charge >= 0.3 is 0 Å². The van der Waals surface area contributed by atoms with Crippen LogP contribution in [0.3, 0.4) is 0 Å². The second kappa shape index (κ2) is 7.40. The SMILES string of the molecule is CN(Cc1coc(-c2ccc(F)c(F)c2)n1)C1CCC(CO)CC1. The third kappa shape index (κ3) is 3.82. The molecule has 1 aromatic heterocycles. The Kier molecular flexibility index (Phi) is 5.26. The summed E-state index contributed by atoms with van der Waals surface area (Å²) < 4.78 is 31.7. The van der Waals surface area contributed by atoms with Crippen LogP contribution in [0, 0.1) is 17.6 Å². The highest BCUT2D eigenvalue weighted by atomic mass is 19.2. The van der Waals surface area contributed by atoms with Crippen molar-refractivity contribution in [1.82, 2.24) is 9.88 Å². The summed E-state index contributed by atoms with van der Waals surface area (Å²) in [5.74, 6) is -1.07. The monoisotopic (exact) mass is 336 g/mol. The molecule has 1 N–H and O–H groups in total. The second-order valence-electron chi connectivity index (χ2n) is 6.55. The summed E-state index contributed by atoms with van der Waals surface area (Å²) in [6.07, 6.45) is 5.78. The van der Waals surface area contributed by atoms with Crippen LogP contribution in [-0.2, 0) is 6.54 Å². The number of benzene rings is 1. The van der Waals surface area contributed by atoms with Gasteiger partial charge in [0.05, 0.1) is 5.69 Å². The van der Waals surface area contributed by atoms with Crippen LogP contribution in [0.2, 0.25) is 0 Å². The van der Waals surface area contributed by atoms with E-state index in [1.165, 1.54) is 6.07 Å². The van der Waals surface area contributed by atoms with E-state index >= 15 is 0 Å². The van der Waals surface area contributed by atoms with Gasteiger partial charge < -0.3 is 9.52 Å². The van der Waals surface area contributed by atoms with E-state index in [4.69, 9.17) is 4.42 Å². The van der Waals surface area contributed by atoms with Gasteiger partial charge in [-0.25, -0.2) is 13.8 Å². The molecule has 2 aromatic rings. The van der Waals surface area contributed by atoms with Crippen molar-refractivity contribution in [3.63, 3.8) is 0 Å². The van der Waals surface area contributed by atoms with E-state index in [0.717, 1.165) is 43.5 Å². The Hall–Kier alpha value is -1.79. The molecule has 0 amide bonds. The van der Waals surface area contributed by atoms with Crippen molar-refractivity contribution >= 4 is 0 Å². The van der Waals surface area contributed by atoms with E-state index in [1.807, 2.05) is 0 Å². The Morgan fingerprint density at radius 1 is 1.21 bits per heavy atom. The van der Waals surface area contributed by atoms with Gasteiger partial charge in [-0.2, -0.15) is 0 Å². The molecule has 0 radical (unpaired) electrons. The highest BCUT2D eigenvalue weighted by molar-refractivity contribution is 5.53. The van der Waals surface area contributed by atoms with Crippen LogP contribution in [0.1, 0.15) is 31.4 Å². The van der Waals surface area contributed by atoms with E-state index in [9.17, 15) is 13.9 Å². The summed E-state index contributed by atoms with van der Waals surface area (Å²) in [4.78, 5) is 6.62. The number of rotatable bonds is 5. The average Bonchev–Trinajstić information content (AvgIpc) is 3.06. The Balaban J connectivity index is 1.62. The number of nitrogens with zero attached hydrogens (tertiary/aromatic N) is 2. The molecule has 1 aliphatic rings. The highest BCUT2D eigenvalue weighted by Gasteiger charge is 2.24. The molecule has 0 unspecified atom stereocenters. The molecule has 1 fully saturated rings. The molecule has 0 bridgehead atoms. The lowest BCUT2D eigenvalue weighted by Gasteiger charge is -2.33. The fourth-order valence-corrected chi connectivity index (χ4v) is 3.29. The average molecular weight is 336 g/mol. The molecule has 1 aromatic carbocycles. The lowest BCUT2D eigenvalue weighted by atomic mass is 9.86. The first kappa shape index (κ1) is 17.0. The van der Waals surface area contributed by atoms with Crippen LogP contribution < -0.4 is 0 Å². The van der Waals surface area contributed by atoms with Gasteiger partial charge in [0.15, 0.2) is 11.6 Å². The molecule has 1 aliphatic carbocycles. The van der Waals surface area contributed by atoms with Crippen molar-refractivity contribution in [2.45, 2.75) is 38.3 Å². The smallest absolute Gasteiger partial charge is 0.226 e. The molecule has 0 spiro atoms. The molecule has 130 valence electrons. The fraction of sp³-hybridized carbons (Fsp3) is 0.500. The van der Waals surface area contributed by atoms with Gasteiger partial charge in [0.2, 0.25) is 5.89 Å². The van der Waals surface area contributed by atoms with Crippen molar-refractivity contribution in [3.8, 4) is 11.5 Å². The zero-order valence-corrected chi connectivity index (χ0v) is 13.7. The maximum Gasteiger partial charge on any atom is 0.226 e. The van der Waals surface area contributed by atoms with E-state index in [0.29, 0.717) is 30.0 Å². The number of aromatic nitrogens is 1. The first-order chi connectivity index (χ1) is 11.6. The van der Waals surface area contributed by atoms with Crippen molar-refractivity contribution in [3.05, 3.63) is 41.8 Å². The van der Waals surface area contributed by atoms with Crippen LogP contribution in [0.5, 0.6) is 0 Å². The molecular weight excluding hydrogens is 314 g/mol. The topological polar surface area (TPSA) is 49.5 Å². The van der Waals surface area contributed by atoms with Crippen molar-refractivity contribution in [2.24, 2.45) is 5.92 Å². The lowest BCUT2D eigenvalue weighted by Crippen LogP contribution is -2.35. The number of oxazole rings is 1. The molecule has 1 heterocycles. The summed E-state index contributed by atoms with van der Waals surface area (Å²) >= 11 is 0. The number of aliphatic hydroxyl groups excluding tert-OH is 1. The number of halogens is 2. The quantitative estimate of drug-likeness (QED) is 0.906. The number of hydrogen-bond acceptors (Lipinski definition) is 4. The van der Waals surface area contributed by atoms with E-state index in [1.54, 1.807) is 6.26 Å². The molecule has 6 heteroatoms. The summed E-state index contributed by atoms with van der Waals surface area (Å²) in [6.45, 7) is 0.916. The minimum absolute atomic E-state index is 0.275. The largest absolute Gasteiger partial charge is 0.444 e. The van der Waals surface area contributed by atoms with Crippen molar-refractivity contribution < 1.29 is 18.3 Å². The van der Waals surface area contributed by atoms with Crippen LogP contribution in [0.15, 0.2) is 28.9 Å². The summed E-state index contributed by atoms with van der Waals surface area (Å²) in [5, 5.41) is 9.21. The molecule has 4 nitrogen and oxygen atoms in total. The highest BCUT2D eigenvalue weighted by Crippen LogP contribution is 2.28. The van der Waals surface area contributed by atoms with Gasteiger partial charge in [0.25, 0.3) is 0 Å². The van der Waals surface area contributed by atoms with E-state index in [-0.39, 0.29) is 6.61 Å². The first-order valence-electron chi connectivity index (χ1n) is 8.27.